The van der Waals surface area contributed by atoms with Gasteiger partial charge >= 0.3 is 0 Å². The van der Waals surface area contributed by atoms with Crippen molar-refractivity contribution >= 4 is 33.2 Å². The van der Waals surface area contributed by atoms with Gasteiger partial charge in [-0.05, 0) is 28.5 Å². The van der Waals surface area contributed by atoms with Crippen LogP contribution < -0.4 is 11.1 Å². The van der Waals surface area contributed by atoms with Crippen LogP contribution in [-0.2, 0) is 4.79 Å². The maximum atomic E-state index is 11.1. The fourth-order valence-corrected chi connectivity index (χ4v) is 2.55. The number of carbonyl (C=O) groups is 1. The summed E-state index contributed by atoms with van der Waals surface area (Å²) < 4.78 is 0.983. The first kappa shape index (κ1) is 10.7. The van der Waals surface area contributed by atoms with E-state index < -0.39 is 0 Å². The lowest BCUT2D eigenvalue weighted by Crippen LogP contribution is -2.32. The number of nitrogens with one attached hydrogen (secondary N) is 1. The highest BCUT2D eigenvalue weighted by Gasteiger charge is 2.17. The minimum atomic E-state index is -0.360. The van der Waals surface area contributed by atoms with Crippen molar-refractivity contribution < 1.29 is 4.79 Å². The van der Waals surface area contributed by atoms with E-state index in [1.807, 2.05) is 18.4 Å². The molecule has 1 amide bonds. The van der Waals surface area contributed by atoms with E-state index in [1.165, 1.54) is 11.3 Å². The van der Waals surface area contributed by atoms with Crippen LogP contribution in [0.5, 0.6) is 0 Å². The average Bonchev–Trinajstić information content (AvgIpc) is 2.46. The molecule has 0 saturated carbocycles. The summed E-state index contributed by atoms with van der Waals surface area (Å²) in [7, 11) is 0. The molecule has 0 aliphatic heterocycles. The Morgan fingerprint density at radius 2 is 2.54 bits per heavy atom. The van der Waals surface area contributed by atoms with Gasteiger partial charge in [-0.15, -0.1) is 11.3 Å². The van der Waals surface area contributed by atoms with Crippen LogP contribution >= 0.6 is 27.3 Å². The summed E-state index contributed by atoms with van der Waals surface area (Å²) in [4.78, 5) is 12.0. The zero-order valence-electron chi connectivity index (χ0n) is 7.21. The van der Waals surface area contributed by atoms with Gasteiger partial charge < -0.3 is 11.1 Å². The molecule has 72 valence electrons. The zero-order chi connectivity index (χ0) is 9.84. The molecular weight excluding hydrogens is 252 g/mol. The molecular formula is C8H11BrN2OS. The van der Waals surface area contributed by atoms with Crippen LogP contribution in [0.3, 0.4) is 0 Å². The third kappa shape index (κ3) is 2.79. The number of hydrogen-bond acceptors (Lipinski definition) is 3. The van der Waals surface area contributed by atoms with Gasteiger partial charge in [-0.1, -0.05) is 6.92 Å². The maximum Gasteiger partial charge on any atom is 0.239 e. The number of hydrogen-bond donors (Lipinski definition) is 2. The van der Waals surface area contributed by atoms with Crippen molar-refractivity contribution in [1.29, 1.82) is 0 Å². The predicted molar refractivity (Wildman–Crippen MR) is 57.6 cm³/mol. The van der Waals surface area contributed by atoms with Crippen molar-refractivity contribution in [2.24, 2.45) is 5.73 Å². The van der Waals surface area contributed by atoms with E-state index in [1.54, 1.807) is 0 Å². The lowest BCUT2D eigenvalue weighted by Gasteiger charge is -2.11. The van der Waals surface area contributed by atoms with E-state index >= 15 is 0 Å². The Labute approximate surface area is 89.5 Å². The minimum Gasteiger partial charge on any atom is -0.368 e. The van der Waals surface area contributed by atoms with Gasteiger partial charge in [0.2, 0.25) is 5.91 Å². The average molecular weight is 263 g/mol. The molecule has 0 saturated heterocycles. The summed E-state index contributed by atoms with van der Waals surface area (Å²) in [5, 5.41) is 4.96. The highest BCUT2D eigenvalue weighted by molar-refractivity contribution is 9.10. The highest BCUT2D eigenvalue weighted by atomic mass is 79.9. The van der Waals surface area contributed by atoms with Gasteiger partial charge in [0.05, 0.1) is 0 Å². The molecule has 3 nitrogen and oxygen atoms in total. The third-order valence-corrected chi connectivity index (χ3v) is 3.32. The normalized spacial score (nSPS) is 12.8. The van der Waals surface area contributed by atoms with Crippen LogP contribution in [0.2, 0.25) is 0 Å². The Morgan fingerprint density at radius 1 is 1.85 bits per heavy atom. The van der Waals surface area contributed by atoms with Gasteiger partial charge in [0.1, 0.15) is 6.04 Å². The minimum absolute atomic E-state index is 0.337. The van der Waals surface area contributed by atoms with Crippen molar-refractivity contribution in [2.75, 3.05) is 6.54 Å². The van der Waals surface area contributed by atoms with Crippen molar-refractivity contribution in [2.45, 2.75) is 13.0 Å². The number of primary amides is 1. The van der Waals surface area contributed by atoms with E-state index in [9.17, 15) is 4.79 Å². The summed E-state index contributed by atoms with van der Waals surface area (Å²) in [5.74, 6) is -0.337. The lowest BCUT2D eigenvalue weighted by atomic mass is 10.2. The fraction of sp³-hybridized carbons (Fsp3) is 0.375. The fourth-order valence-electron chi connectivity index (χ4n) is 1.03. The number of carbonyl (C=O) groups excluding carboxylic acids is 1. The van der Waals surface area contributed by atoms with Gasteiger partial charge in [-0.3, -0.25) is 4.79 Å². The number of nitrogens with two attached hydrogens (primary N) is 1. The lowest BCUT2D eigenvalue weighted by molar-refractivity contribution is -0.120. The zero-order valence-corrected chi connectivity index (χ0v) is 9.61. The number of thiophene rings is 1. The second-order valence-corrected chi connectivity index (χ2v) is 4.42. The molecule has 13 heavy (non-hydrogen) atoms. The molecule has 1 unspecified atom stereocenters. The van der Waals surface area contributed by atoms with Crippen molar-refractivity contribution in [3.63, 3.8) is 0 Å². The first-order valence-electron chi connectivity index (χ1n) is 3.91. The van der Waals surface area contributed by atoms with Crippen LogP contribution in [0, 0.1) is 0 Å². The van der Waals surface area contributed by atoms with Crippen LogP contribution in [0.1, 0.15) is 17.8 Å². The van der Waals surface area contributed by atoms with Gasteiger partial charge in [0, 0.05) is 14.7 Å². The second-order valence-electron chi connectivity index (χ2n) is 2.56. The van der Waals surface area contributed by atoms with Crippen LogP contribution in [0.25, 0.3) is 0 Å². The molecule has 0 bridgehead atoms. The van der Waals surface area contributed by atoms with Crippen LogP contribution in [0.4, 0.5) is 0 Å². The smallest absolute Gasteiger partial charge is 0.239 e. The molecule has 5 heteroatoms. The summed E-state index contributed by atoms with van der Waals surface area (Å²) in [5.41, 5.74) is 5.25. The molecule has 0 aliphatic rings. The number of rotatable bonds is 4. The van der Waals surface area contributed by atoms with Crippen molar-refractivity contribution in [1.82, 2.24) is 5.32 Å². The van der Waals surface area contributed by atoms with Gasteiger partial charge in [-0.25, -0.2) is 0 Å². The third-order valence-electron chi connectivity index (χ3n) is 1.57. The second kappa shape index (κ2) is 4.74. The van der Waals surface area contributed by atoms with E-state index in [0.29, 0.717) is 0 Å². The number of amides is 1. The molecule has 0 fully saturated rings. The monoisotopic (exact) mass is 262 g/mol. The molecule has 1 rings (SSSR count). The molecule has 1 aromatic rings. The molecule has 0 radical (unpaired) electrons. The predicted octanol–water partition coefficient (Wildman–Crippen LogP) is 1.65. The van der Waals surface area contributed by atoms with Crippen molar-refractivity contribution in [3.05, 3.63) is 20.8 Å². The van der Waals surface area contributed by atoms with E-state index in [0.717, 1.165) is 15.9 Å². The van der Waals surface area contributed by atoms with Crippen molar-refractivity contribution in [3.8, 4) is 0 Å². The molecule has 3 N–H and O–H groups in total. The quantitative estimate of drug-likeness (QED) is 0.867. The Balaban J connectivity index is 2.81. The Morgan fingerprint density at radius 3 is 2.92 bits per heavy atom. The molecule has 1 aromatic heterocycles. The summed E-state index contributed by atoms with van der Waals surface area (Å²) >= 11 is 4.85. The molecule has 1 heterocycles. The standard InChI is InChI=1S/C8H11BrN2OS/c1-2-11-7(8(10)12)6-3-5(9)4-13-6/h3-4,7,11H,2H2,1H3,(H2,10,12). The maximum absolute atomic E-state index is 11.1. The summed E-state index contributed by atoms with van der Waals surface area (Å²) in [6.07, 6.45) is 0. The highest BCUT2D eigenvalue weighted by Crippen LogP contribution is 2.25. The molecule has 0 aromatic carbocycles. The van der Waals surface area contributed by atoms with Gasteiger partial charge in [0.15, 0.2) is 0 Å². The van der Waals surface area contributed by atoms with Crippen LogP contribution in [0.15, 0.2) is 15.9 Å². The largest absolute Gasteiger partial charge is 0.368 e. The Kier molecular flexibility index (Phi) is 3.90. The summed E-state index contributed by atoms with van der Waals surface area (Å²) in [6.45, 7) is 2.67. The SMILES string of the molecule is CCNC(C(N)=O)c1cc(Br)cs1. The van der Waals surface area contributed by atoms with Gasteiger partial charge in [-0.2, -0.15) is 0 Å². The van der Waals surface area contributed by atoms with E-state index in [-0.39, 0.29) is 11.9 Å². The first-order valence-corrected chi connectivity index (χ1v) is 5.59. The number of halogens is 1. The first-order chi connectivity index (χ1) is 6.15. The molecule has 0 spiro atoms. The van der Waals surface area contributed by atoms with Crippen LogP contribution in [-0.4, -0.2) is 12.5 Å². The Bertz CT molecular complexity index is 300. The Hall–Kier alpha value is -0.390. The summed E-state index contributed by atoms with van der Waals surface area (Å²) in [6, 6.07) is 1.55. The van der Waals surface area contributed by atoms with E-state index in [2.05, 4.69) is 21.2 Å². The van der Waals surface area contributed by atoms with E-state index in [4.69, 9.17) is 5.73 Å². The molecule has 0 aliphatic carbocycles. The van der Waals surface area contributed by atoms with Gasteiger partial charge in [0.25, 0.3) is 0 Å². The topological polar surface area (TPSA) is 55.1 Å². The number of likely N-dealkylation sites (N-methyl/N-ethyl adjacent to an activating group) is 1. The molecule has 1 atom stereocenters.